The molecule has 0 saturated carbocycles. The minimum absolute atomic E-state index is 0. The van der Waals surface area contributed by atoms with Gasteiger partial charge in [-0.3, -0.25) is 24.6 Å². The number of anilines is 1. The second-order valence-electron chi connectivity index (χ2n) is 7.53. The van der Waals surface area contributed by atoms with E-state index in [4.69, 9.17) is 4.74 Å². The highest BCUT2D eigenvalue weighted by Crippen LogP contribution is 2.27. The van der Waals surface area contributed by atoms with Gasteiger partial charge in [-0.05, 0) is 49.8 Å². The number of hydrogen-bond acceptors (Lipinski definition) is 5. The highest BCUT2D eigenvalue weighted by atomic mass is 35.5. The highest BCUT2D eigenvalue weighted by Gasteiger charge is 2.34. The summed E-state index contributed by atoms with van der Waals surface area (Å²) < 4.78 is 5.23. The van der Waals surface area contributed by atoms with Crippen LogP contribution in [0.15, 0.2) is 54.6 Å². The van der Waals surface area contributed by atoms with E-state index in [2.05, 4.69) is 5.32 Å². The number of hydrogen-bond donors (Lipinski definition) is 2. The van der Waals surface area contributed by atoms with Crippen LogP contribution in [0, 0.1) is 0 Å². The summed E-state index contributed by atoms with van der Waals surface area (Å²) in [5.74, 6) is -1.84. The van der Waals surface area contributed by atoms with Crippen molar-refractivity contribution in [3.8, 4) is 0 Å². The fourth-order valence-electron chi connectivity index (χ4n) is 3.88. The van der Waals surface area contributed by atoms with Crippen molar-refractivity contribution in [2.24, 2.45) is 0 Å². The predicted molar refractivity (Wildman–Crippen MR) is 124 cm³/mol. The number of halogens is 1. The Labute approximate surface area is 194 Å². The van der Waals surface area contributed by atoms with E-state index >= 15 is 0 Å². The molecular formula is C24H29ClN2O5. The highest BCUT2D eigenvalue weighted by molar-refractivity contribution is 6.02. The number of carboxylic acids is 1. The fraction of sp³-hybridized carbons (Fsp3) is 0.375. The zero-order chi connectivity index (χ0) is 22.2. The smallest absolute Gasteiger partial charge is 0.323 e. The first-order valence-electron chi connectivity index (χ1n) is 10.6. The van der Waals surface area contributed by atoms with Crippen molar-refractivity contribution in [1.29, 1.82) is 0 Å². The van der Waals surface area contributed by atoms with Gasteiger partial charge in [-0.25, -0.2) is 0 Å². The van der Waals surface area contributed by atoms with E-state index in [-0.39, 0.29) is 24.9 Å². The third-order valence-electron chi connectivity index (χ3n) is 5.38. The van der Waals surface area contributed by atoms with Crippen molar-refractivity contribution >= 4 is 35.9 Å². The van der Waals surface area contributed by atoms with Crippen LogP contribution in [0.2, 0.25) is 0 Å². The van der Waals surface area contributed by atoms with Gasteiger partial charge in [0.05, 0.1) is 12.6 Å². The van der Waals surface area contributed by atoms with E-state index in [1.807, 2.05) is 42.5 Å². The first-order valence-corrected chi connectivity index (χ1v) is 10.6. The molecule has 32 heavy (non-hydrogen) atoms. The molecule has 1 aliphatic heterocycles. The van der Waals surface area contributed by atoms with Crippen molar-refractivity contribution in [1.82, 2.24) is 5.32 Å². The number of fused-ring (bicyclic) bond motifs is 1. The Morgan fingerprint density at radius 3 is 2.53 bits per heavy atom. The largest absolute Gasteiger partial charge is 0.480 e. The number of aryl methyl sites for hydroxylation is 2. The predicted octanol–water partition coefficient (Wildman–Crippen LogP) is 2.99. The maximum atomic E-state index is 13.3. The number of aliphatic carboxylic acids is 1. The molecule has 3 rings (SSSR count). The van der Waals surface area contributed by atoms with Gasteiger partial charge < -0.3 is 9.84 Å². The molecule has 8 heteroatoms. The molecule has 2 aromatic rings. The third-order valence-corrected chi connectivity index (χ3v) is 5.38. The zero-order valence-corrected chi connectivity index (χ0v) is 18.8. The lowest BCUT2D eigenvalue weighted by molar-refractivity contribution is -0.146. The number of carbonyl (C=O) groups is 3. The van der Waals surface area contributed by atoms with Crippen molar-refractivity contribution < 1.29 is 24.2 Å². The Kier molecular flexibility index (Phi) is 9.68. The lowest BCUT2D eigenvalue weighted by Gasteiger charge is -2.27. The number of nitrogens with one attached hydrogen (secondary N) is 1. The Morgan fingerprint density at radius 1 is 1.16 bits per heavy atom. The van der Waals surface area contributed by atoms with Crippen LogP contribution in [0.4, 0.5) is 5.69 Å². The topological polar surface area (TPSA) is 95.9 Å². The van der Waals surface area contributed by atoms with Gasteiger partial charge in [0.25, 0.3) is 0 Å². The van der Waals surface area contributed by atoms with Gasteiger partial charge in [-0.15, -0.1) is 12.4 Å². The summed E-state index contributed by atoms with van der Waals surface area (Å²) in [6, 6.07) is 15.8. The van der Waals surface area contributed by atoms with Crippen LogP contribution in [0.3, 0.4) is 0 Å². The number of benzene rings is 2. The Bertz CT molecular complexity index is 922. The van der Waals surface area contributed by atoms with Crippen LogP contribution in [0.5, 0.6) is 0 Å². The number of esters is 1. The molecule has 7 nitrogen and oxygen atoms in total. The van der Waals surface area contributed by atoms with E-state index in [0.29, 0.717) is 31.4 Å². The number of nitrogens with zero attached hydrogens (tertiary/aromatic N) is 1. The lowest BCUT2D eigenvalue weighted by Crippen LogP contribution is -2.53. The van der Waals surface area contributed by atoms with Crippen LogP contribution in [0.1, 0.15) is 30.9 Å². The monoisotopic (exact) mass is 460 g/mol. The molecule has 2 aromatic carbocycles. The summed E-state index contributed by atoms with van der Waals surface area (Å²) in [6.45, 7) is 1.56. The summed E-state index contributed by atoms with van der Waals surface area (Å²) in [7, 11) is 0. The molecule has 0 radical (unpaired) electrons. The fourth-order valence-corrected chi connectivity index (χ4v) is 3.88. The molecular weight excluding hydrogens is 432 g/mol. The van der Waals surface area contributed by atoms with E-state index in [0.717, 1.165) is 11.1 Å². The molecule has 0 aliphatic carbocycles. The van der Waals surface area contributed by atoms with E-state index < -0.39 is 30.6 Å². The molecule has 0 bridgehead atoms. The summed E-state index contributed by atoms with van der Waals surface area (Å²) in [6.07, 6.45) is 2.19. The van der Waals surface area contributed by atoms with Crippen LogP contribution >= 0.6 is 12.4 Å². The van der Waals surface area contributed by atoms with Crippen molar-refractivity contribution in [2.75, 3.05) is 18.1 Å². The van der Waals surface area contributed by atoms with Gasteiger partial charge in [0.1, 0.15) is 12.6 Å². The van der Waals surface area contributed by atoms with Gasteiger partial charge in [-0.2, -0.15) is 0 Å². The first kappa shape index (κ1) is 25.4. The van der Waals surface area contributed by atoms with Gasteiger partial charge in [0, 0.05) is 5.69 Å². The van der Waals surface area contributed by atoms with Crippen molar-refractivity contribution in [3.63, 3.8) is 0 Å². The molecule has 1 heterocycles. The van der Waals surface area contributed by atoms with Gasteiger partial charge in [0.15, 0.2) is 0 Å². The normalized spacial score (nSPS) is 16.3. The molecule has 172 valence electrons. The Hall–Kier alpha value is -2.90. The number of amides is 1. The molecule has 0 saturated heterocycles. The Balaban J connectivity index is 0.00000363. The molecule has 1 aliphatic rings. The van der Waals surface area contributed by atoms with E-state index in [1.54, 1.807) is 19.1 Å². The number of para-hydroxylation sites is 1. The minimum atomic E-state index is -1.09. The van der Waals surface area contributed by atoms with Gasteiger partial charge >= 0.3 is 11.9 Å². The lowest BCUT2D eigenvalue weighted by atomic mass is 10.0. The van der Waals surface area contributed by atoms with Gasteiger partial charge in [0.2, 0.25) is 5.91 Å². The average molecular weight is 461 g/mol. The SMILES string of the molecule is CCOC(=O)[C@@H](CCc1ccccc1)N[C@@H]1CCc2ccccc2N(CC(=O)O)C1=O.Cl. The zero-order valence-electron chi connectivity index (χ0n) is 18.0. The van der Waals surface area contributed by atoms with Crippen molar-refractivity contribution in [2.45, 2.75) is 44.7 Å². The molecule has 0 spiro atoms. The molecule has 0 fully saturated rings. The molecule has 2 N–H and O–H groups in total. The molecule has 2 atom stereocenters. The van der Waals surface area contributed by atoms with Crippen molar-refractivity contribution in [3.05, 3.63) is 65.7 Å². The van der Waals surface area contributed by atoms with Crippen LogP contribution in [-0.4, -0.2) is 48.2 Å². The van der Waals surface area contributed by atoms with Crippen LogP contribution < -0.4 is 10.2 Å². The quantitative estimate of drug-likeness (QED) is 0.558. The van der Waals surface area contributed by atoms with Crippen LogP contribution in [-0.2, 0) is 32.0 Å². The van der Waals surface area contributed by atoms with Crippen LogP contribution in [0.25, 0.3) is 0 Å². The third kappa shape index (κ3) is 6.55. The van der Waals surface area contributed by atoms with E-state index in [1.165, 1.54) is 4.90 Å². The standard InChI is InChI=1S/C24H28N2O5.ClH/c1-2-31-24(30)20(14-12-17-8-4-3-5-9-17)25-19-15-13-18-10-6-7-11-21(18)26(23(19)29)16-22(27)28;/h3-11,19-20,25H,2,12-16H2,1H3,(H,27,28);1H/t19-,20-;/m1./s1. The second-order valence-corrected chi connectivity index (χ2v) is 7.53. The molecule has 0 unspecified atom stereocenters. The van der Waals surface area contributed by atoms with Gasteiger partial charge in [-0.1, -0.05) is 48.5 Å². The maximum absolute atomic E-state index is 13.3. The second kappa shape index (κ2) is 12.2. The number of carbonyl (C=O) groups excluding carboxylic acids is 2. The Morgan fingerprint density at radius 2 is 1.84 bits per heavy atom. The summed E-state index contributed by atoms with van der Waals surface area (Å²) in [5, 5.41) is 12.5. The summed E-state index contributed by atoms with van der Waals surface area (Å²) in [4.78, 5) is 38.6. The van der Waals surface area contributed by atoms with E-state index in [9.17, 15) is 19.5 Å². The maximum Gasteiger partial charge on any atom is 0.323 e. The summed E-state index contributed by atoms with van der Waals surface area (Å²) in [5.41, 5.74) is 2.61. The number of rotatable bonds is 9. The average Bonchev–Trinajstić information content (AvgIpc) is 2.89. The minimum Gasteiger partial charge on any atom is -0.480 e. The summed E-state index contributed by atoms with van der Waals surface area (Å²) >= 11 is 0. The first-order chi connectivity index (χ1) is 15.0. The number of ether oxygens (including phenoxy) is 1. The molecule has 0 aromatic heterocycles. The molecule has 1 amide bonds. The number of carboxylic acid groups (broad SMARTS) is 1.